The molecule has 11 heteroatoms. The minimum absolute atomic E-state index is 0.00122. The van der Waals surface area contributed by atoms with Crippen molar-refractivity contribution in [3.05, 3.63) is 59.8 Å². The molecule has 0 aromatic heterocycles. The zero-order valence-electron chi connectivity index (χ0n) is 34.8. The lowest BCUT2D eigenvalue weighted by atomic mass is 9.45. The summed E-state index contributed by atoms with van der Waals surface area (Å²) in [4.78, 5) is 38.0. The minimum atomic E-state index is -0.905. The van der Waals surface area contributed by atoms with Crippen LogP contribution in [-0.4, -0.2) is 115 Å². The Morgan fingerprint density at radius 1 is 1.17 bits per heavy atom. The summed E-state index contributed by atoms with van der Waals surface area (Å²) < 4.78 is 6.08. The smallest absolute Gasteiger partial charge is 0.244 e. The maximum Gasteiger partial charge on any atom is 0.244 e. The van der Waals surface area contributed by atoms with Crippen molar-refractivity contribution >= 4 is 17.4 Å². The number of aliphatic hydroxyl groups is 2. The second kappa shape index (κ2) is 18.6. The molecule has 302 valence electrons. The van der Waals surface area contributed by atoms with Crippen LogP contribution in [0.25, 0.3) is 5.57 Å². The van der Waals surface area contributed by atoms with Gasteiger partial charge >= 0.3 is 0 Å². The number of hydrogen-bond donors (Lipinski definition) is 4. The van der Waals surface area contributed by atoms with Gasteiger partial charge in [-0.05, 0) is 94.0 Å². The third-order valence-electron chi connectivity index (χ3n) is 12.4. The summed E-state index contributed by atoms with van der Waals surface area (Å²) in [5.74, 6) is 1.39. The topological polar surface area (TPSA) is 127 Å². The van der Waals surface area contributed by atoms with E-state index in [4.69, 9.17) is 9.57 Å². The quantitative estimate of drug-likeness (QED) is 0.123. The number of hydrogen-bond acceptors (Lipinski definition) is 9. The molecule has 4 aliphatic rings. The molecule has 54 heavy (non-hydrogen) atoms. The van der Waals surface area contributed by atoms with Gasteiger partial charge in [0.2, 0.25) is 11.8 Å². The third-order valence-corrected chi connectivity index (χ3v) is 12.4. The Morgan fingerprint density at radius 3 is 2.43 bits per heavy atom. The predicted molar refractivity (Wildman–Crippen MR) is 215 cm³/mol. The average molecular weight is 752 g/mol. The number of para-hydroxylation sites is 1. The molecule has 1 heterocycles. The number of nitrogens with one attached hydrogen (secondary N) is 2. The highest BCUT2D eigenvalue weighted by Gasteiger charge is 2.57. The maximum absolute atomic E-state index is 14.3. The number of carbonyl (C=O) groups excluding carboxylic acids is 2. The van der Waals surface area contributed by atoms with Crippen LogP contribution < -0.4 is 15.4 Å². The van der Waals surface area contributed by atoms with Gasteiger partial charge in [0.05, 0.1) is 26.4 Å². The fourth-order valence-electron chi connectivity index (χ4n) is 9.14. The molecule has 4 fully saturated rings. The Morgan fingerprint density at radius 2 is 1.87 bits per heavy atom. The highest BCUT2D eigenvalue weighted by molar-refractivity contribution is 5.92. The molecule has 0 unspecified atom stereocenters. The predicted octanol–water partition coefficient (Wildman–Crippen LogP) is 4.85. The van der Waals surface area contributed by atoms with Crippen LogP contribution in [0.15, 0.2) is 48.7 Å². The van der Waals surface area contributed by atoms with Crippen LogP contribution in [0, 0.1) is 35.0 Å². The molecule has 11 nitrogen and oxygen atoms in total. The van der Waals surface area contributed by atoms with Crippen LogP contribution in [0.1, 0.15) is 78.9 Å². The second-order valence-corrected chi connectivity index (χ2v) is 17.3. The van der Waals surface area contributed by atoms with Crippen LogP contribution >= 0.6 is 0 Å². The van der Waals surface area contributed by atoms with Gasteiger partial charge in [-0.3, -0.25) is 14.4 Å². The van der Waals surface area contributed by atoms with Gasteiger partial charge in [0.1, 0.15) is 17.9 Å². The van der Waals surface area contributed by atoms with E-state index in [9.17, 15) is 19.8 Å². The second-order valence-electron chi connectivity index (χ2n) is 17.3. The van der Waals surface area contributed by atoms with Crippen molar-refractivity contribution in [3.63, 3.8) is 0 Å². The Bertz CT molecular complexity index is 1510. The van der Waals surface area contributed by atoms with Crippen molar-refractivity contribution in [1.82, 2.24) is 25.5 Å². The molecule has 3 aliphatic carbocycles. The lowest BCUT2D eigenvalue weighted by Gasteiger charge is -2.62. The van der Waals surface area contributed by atoms with E-state index in [0.717, 1.165) is 48.3 Å². The number of benzene rings is 1. The van der Waals surface area contributed by atoms with Gasteiger partial charge < -0.3 is 35.4 Å². The zero-order chi connectivity index (χ0) is 40.1. The van der Waals surface area contributed by atoms with E-state index >= 15 is 0 Å². The Balaban J connectivity index is 1.66. The lowest BCUT2D eigenvalue weighted by Crippen LogP contribution is -2.62. The molecule has 9 atom stereocenters. The molecule has 2 bridgehead atoms. The number of nitrogens with zero attached hydrogens (tertiary/aromatic N) is 3. The molecular weight excluding hydrogens is 683 g/mol. The summed E-state index contributed by atoms with van der Waals surface area (Å²) >= 11 is 0. The first-order valence-corrected chi connectivity index (χ1v) is 19.9. The van der Waals surface area contributed by atoms with E-state index in [1.165, 1.54) is 6.42 Å². The standard InChI is InChI=1S/C43H69N5O6/c1-13-47(11)27(4)20-30(17-18-38(51)44-33(19-26(2)3)24-46(9)10)34-16-14-15-31(41(34)53-12)23-48-40(39(29(6)50)37(25-49)54-48)42(52)45-36-22-32-21-35(28(36)5)43(32,7)8/h14-18,20,26,28-29,32-33,35-37,39-40,49-50H,4,13,19,21-25H2,1-3,5-12H3,(H,44,51)(H,45,52)/t28-,29-,32+,33-,35-,36-,37-,39+,40-/m0/s1. The summed E-state index contributed by atoms with van der Waals surface area (Å²) in [5.41, 5.74) is 3.24. The van der Waals surface area contributed by atoms with Crippen LogP contribution in [0.5, 0.6) is 5.75 Å². The van der Waals surface area contributed by atoms with Crippen LogP contribution in [0.2, 0.25) is 0 Å². The van der Waals surface area contributed by atoms with Gasteiger partial charge in [0.25, 0.3) is 0 Å². The Hall–Kier alpha value is -3.22. The van der Waals surface area contributed by atoms with Crippen molar-refractivity contribution in [2.24, 2.45) is 35.0 Å². The van der Waals surface area contributed by atoms with Gasteiger partial charge in [-0.2, -0.15) is 5.06 Å². The minimum Gasteiger partial charge on any atom is -0.496 e. The third kappa shape index (κ3) is 9.95. The van der Waals surface area contributed by atoms with E-state index in [1.807, 2.05) is 57.2 Å². The van der Waals surface area contributed by atoms with Crippen molar-refractivity contribution in [3.8, 4) is 5.75 Å². The lowest BCUT2D eigenvalue weighted by molar-refractivity contribution is -0.183. The number of amides is 2. The largest absolute Gasteiger partial charge is 0.496 e. The van der Waals surface area contributed by atoms with Gasteiger partial charge in [-0.25, -0.2) is 0 Å². The van der Waals surface area contributed by atoms with Gasteiger partial charge in [-0.1, -0.05) is 59.4 Å². The summed E-state index contributed by atoms with van der Waals surface area (Å²) in [6.45, 7) is 20.5. The number of hydroxylamine groups is 2. The molecule has 0 radical (unpaired) electrons. The first kappa shape index (κ1) is 43.5. The molecule has 0 spiro atoms. The molecule has 1 aliphatic heterocycles. The summed E-state index contributed by atoms with van der Waals surface area (Å²) in [6.07, 6.45) is 6.60. The molecular formula is C43H69N5O6. The van der Waals surface area contributed by atoms with Gasteiger partial charge in [-0.15, -0.1) is 0 Å². The first-order chi connectivity index (χ1) is 25.4. The SMILES string of the molecule is C=C(C=C(C=CC(=O)N[C@@H](CC(C)C)CN(C)C)c1cccc(CN2O[C@@H](CO)[C@@H]([C@H](C)O)[C@H]2C(=O)N[C@H]2C[C@H]3C[C@@H]([C@@H]2C)C3(C)C)c1OC)N(C)CC. The Kier molecular flexibility index (Phi) is 15.0. The number of likely N-dealkylation sites (N-methyl/N-ethyl adjacent to an activating group) is 2. The van der Waals surface area contributed by atoms with Gasteiger partial charge in [0, 0.05) is 61.0 Å². The summed E-state index contributed by atoms with van der Waals surface area (Å²) in [7, 11) is 7.56. The maximum atomic E-state index is 14.3. The van der Waals surface area contributed by atoms with E-state index in [0.29, 0.717) is 29.4 Å². The zero-order valence-corrected chi connectivity index (χ0v) is 34.8. The fraction of sp³-hybridized carbons (Fsp3) is 0.674. The van der Waals surface area contributed by atoms with E-state index < -0.39 is 24.2 Å². The van der Waals surface area contributed by atoms with Gasteiger partial charge in [0.15, 0.2) is 0 Å². The number of allylic oxidation sites excluding steroid dienone is 3. The number of rotatable bonds is 18. The fourth-order valence-corrected chi connectivity index (χ4v) is 9.14. The van der Waals surface area contributed by atoms with E-state index in [2.05, 4.69) is 56.7 Å². The summed E-state index contributed by atoms with van der Waals surface area (Å²) in [6, 6.07) is 4.96. The molecule has 5 rings (SSSR count). The number of ether oxygens (including phenoxy) is 1. The van der Waals surface area contributed by atoms with Crippen molar-refractivity contribution in [1.29, 1.82) is 0 Å². The average Bonchev–Trinajstić information content (AvgIpc) is 3.48. The number of fused-ring (bicyclic) bond motifs is 2. The first-order valence-electron chi connectivity index (χ1n) is 19.9. The molecule has 1 aromatic rings. The molecule has 1 aromatic carbocycles. The van der Waals surface area contributed by atoms with E-state index in [-0.39, 0.29) is 42.5 Å². The highest BCUT2D eigenvalue weighted by Crippen LogP contribution is 2.61. The normalized spacial score (nSPS) is 27.8. The van der Waals surface area contributed by atoms with Crippen molar-refractivity contribution in [2.75, 3.05) is 47.9 Å². The molecule has 1 saturated heterocycles. The van der Waals surface area contributed by atoms with Crippen LogP contribution in [0.3, 0.4) is 0 Å². The van der Waals surface area contributed by atoms with Crippen molar-refractivity contribution < 1.29 is 29.4 Å². The van der Waals surface area contributed by atoms with E-state index in [1.54, 1.807) is 31.2 Å². The number of methoxy groups -OCH3 is 1. The Labute approximate surface area is 324 Å². The summed E-state index contributed by atoms with van der Waals surface area (Å²) in [5, 5.41) is 29.5. The molecule has 4 N–H and O–H groups in total. The number of carbonyl (C=O) groups is 2. The molecule has 3 saturated carbocycles. The van der Waals surface area contributed by atoms with Crippen LogP contribution in [-0.2, 0) is 21.0 Å². The molecule has 2 amide bonds. The van der Waals surface area contributed by atoms with Crippen molar-refractivity contribution in [2.45, 2.75) is 105 Å². The number of aliphatic hydroxyl groups excluding tert-OH is 2. The monoisotopic (exact) mass is 752 g/mol. The van der Waals surface area contributed by atoms with Crippen LogP contribution in [0.4, 0.5) is 0 Å². The highest BCUT2D eigenvalue weighted by atomic mass is 16.7.